The summed E-state index contributed by atoms with van der Waals surface area (Å²) in [6.45, 7) is 0.771. The van der Waals surface area contributed by atoms with E-state index in [1.54, 1.807) is 0 Å². The topological polar surface area (TPSA) is 41.8 Å². The third-order valence-electron chi connectivity index (χ3n) is 2.67. The third-order valence-corrected chi connectivity index (χ3v) is 3.00. The average molecular weight is 185 g/mol. The summed E-state index contributed by atoms with van der Waals surface area (Å²) in [6, 6.07) is 0. The Labute approximate surface area is 77.1 Å². The molecule has 0 spiro atoms. The Bertz CT molecular complexity index is 280. The lowest BCUT2D eigenvalue weighted by Crippen LogP contribution is -2.04. The van der Waals surface area contributed by atoms with Gasteiger partial charge in [0.2, 0.25) is 0 Å². The molecule has 12 heavy (non-hydrogen) atoms. The molecule has 2 nitrogen and oxygen atoms in total. The molecule has 0 amide bonds. The fourth-order valence-corrected chi connectivity index (χ4v) is 2.29. The van der Waals surface area contributed by atoms with Crippen molar-refractivity contribution in [2.75, 3.05) is 6.54 Å². The van der Waals surface area contributed by atoms with Crippen LogP contribution in [0, 0.1) is 0 Å². The van der Waals surface area contributed by atoms with Gasteiger partial charge in [-0.25, -0.2) is 0 Å². The van der Waals surface area contributed by atoms with Crippen molar-refractivity contribution >= 4 is 11.6 Å². The highest BCUT2D eigenvalue weighted by Crippen LogP contribution is 2.38. The quantitative estimate of drug-likeness (QED) is 0.726. The molecular formula is C9H13ClN2. The SMILES string of the molecule is NCCC1CCc2c1c[nH]c2Cl. The standard InChI is InChI=1S/C9H13ClN2/c10-9-7-2-1-6(3-4-11)8(7)5-12-9/h5-6,12H,1-4,11H2. The highest BCUT2D eigenvalue weighted by Gasteiger charge is 2.24. The maximum absolute atomic E-state index is 5.96. The van der Waals surface area contributed by atoms with E-state index in [-0.39, 0.29) is 0 Å². The second-order valence-electron chi connectivity index (χ2n) is 3.35. The van der Waals surface area contributed by atoms with Crippen LogP contribution in [0.5, 0.6) is 0 Å². The lowest BCUT2D eigenvalue weighted by molar-refractivity contribution is 0.625. The smallest absolute Gasteiger partial charge is 0.109 e. The van der Waals surface area contributed by atoms with E-state index < -0.39 is 0 Å². The van der Waals surface area contributed by atoms with Crippen LogP contribution in [0.2, 0.25) is 5.15 Å². The summed E-state index contributed by atoms with van der Waals surface area (Å²) in [5.41, 5.74) is 8.24. The van der Waals surface area contributed by atoms with E-state index in [1.165, 1.54) is 17.5 Å². The Balaban J connectivity index is 2.24. The molecule has 0 fully saturated rings. The molecule has 1 aromatic rings. The highest BCUT2D eigenvalue weighted by molar-refractivity contribution is 6.30. The van der Waals surface area contributed by atoms with Crippen molar-refractivity contribution < 1.29 is 0 Å². The molecule has 1 aliphatic carbocycles. The summed E-state index contributed by atoms with van der Waals surface area (Å²) < 4.78 is 0. The van der Waals surface area contributed by atoms with Gasteiger partial charge in [-0.1, -0.05) is 11.6 Å². The van der Waals surface area contributed by atoms with Crippen molar-refractivity contribution in [3.63, 3.8) is 0 Å². The van der Waals surface area contributed by atoms with Crippen molar-refractivity contribution in [2.24, 2.45) is 5.73 Å². The number of rotatable bonds is 2. The molecule has 0 saturated carbocycles. The normalized spacial score (nSPS) is 21.3. The lowest BCUT2D eigenvalue weighted by atomic mass is 10.0. The molecule has 66 valence electrons. The summed E-state index contributed by atoms with van der Waals surface area (Å²) in [7, 11) is 0. The van der Waals surface area contributed by atoms with E-state index in [2.05, 4.69) is 4.98 Å². The largest absolute Gasteiger partial charge is 0.352 e. The molecule has 3 heteroatoms. The Morgan fingerprint density at radius 1 is 1.67 bits per heavy atom. The van der Waals surface area contributed by atoms with Crippen molar-refractivity contribution in [3.05, 3.63) is 22.5 Å². The minimum Gasteiger partial charge on any atom is -0.352 e. The second-order valence-corrected chi connectivity index (χ2v) is 3.73. The number of halogens is 1. The Kier molecular flexibility index (Phi) is 2.11. The van der Waals surface area contributed by atoms with Crippen molar-refractivity contribution in [2.45, 2.75) is 25.2 Å². The van der Waals surface area contributed by atoms with E-state index >= 15 is 0 Å². The maximum Gasteiger partial charge on any atom is 0.109 e. The van der Waals surface area contributed by atoms with Crippen LogP contribution in [0.3, 0.4) is 0 Å². The molecule has 0 bridgehead atoms. The van der Waals surface area contributed by atoms with Crippen LogP contribution in [0.4, 0.5) is 0 Å². The fraction of sp³-hybridized carbons (Fsp3) is 0.556. The molecule has 0 saturated heterocycles. The number of aromatic nitrogens is 1. The summed E-state index contributed by atoms with van der Waals surface area (Å²) in [4.78, 5) is 3.05. The van der Waals surface area contributed by atoms with Gasteiger partial charge in [-0.05, 0) is 42.9 Å². The van der Waals surface area contributed by atoms with Crippen LogP contribution in [-0.2, 0) is 6.42 Å². The Morgan fingerprint density at radius 2 is 2.50 bits per heavy atom. The lowest BCUT2D eigenvalue weighted by Gasteiger charge is -2.06. The number of aromatic amines is 1. The Morgan fingerprint density at radius 3 is 3.25 bits per heavy atom. The van der Waals surface area contributed by atoms with Gasteiger partial charge in [-0.3, -0.25) is 0 Å². The molecule has 2 rings (SSSR count). The molecule has 0 aromatic carbocycles. The molecular weight excluding hydrogens is 172 g/mol. The van der Waals surface area contributed by atoms with Gasteiger partial charge in [-0.15, -0.1) is 0 Å². The van der Waals surface area contributed by atoms with E-state index in [9.17, 15) is 0 Å². The summed E-state index contributed by atoms with van der Waals surface area (Å²) in [5, 5.41) is 0.824. The maximum atomic E-state index is 5.96. The third kappa shape index (κ3) is 1.15. The van der Waals surface area contributed by atoms with Crippen molar-refractivity contribution in [1.82, 2.24) is 4.98 Å². The molecule has 3 N–H and O–H groups in total. The zero-order chi connectivity index (χ0) is 8.55. The van der Waals surface area contributed by atoms with Gasteiger partial charge in [0.05, 0.1) is 0 Å². The van der Waals surface area contributed by atoms with Gasteiger partial charge in [0, 0.05) is 6.20 Å². The minimum atomic E-state index is 0.647. The van der Waals surface area contributed by atoms with E-state index in [1.807, 2.05) is 6.20 Å². The van der Waals surface area contributed by atoms with Gasteiger partial charge < -0.3 is 10.7 Å². The first-order valence-electron chi connectivity index (χ1n) is 4.38. The summed E-state index contributed by atoms with van der Waals surface area (Å²) in [6.07, 6.45) is 5.45. The van der Waals surface area contributed by atoms with Crippen molar-refractivity contribution in [1.29, 1.82) is 0 Å². The van der Waals surface area contributed by atoms with Crippen LogP contribution in [0.1, 0.15) is 29.9 Å². The van der Waals surface area contributed by atoms with E-state index in [0.717, 1.165) is 24.5 Å². The number of H-pyrrole nitrogens is 1. The van der Waals surface area contributed by atoms with Crippen LogP contribution in [-0.4, -0.2) is 11.5 Å². The monoisotopic (exact) mass is 184 g/mol. The molecule has 1 heterocycles. The van der Waals surface area contributed by atoms with Gasteiger partial charge in [0.1, 0.15) is 5.15 Å². The average Bonchev–Trinajstić information content (AvgIpc) is 2.58. The van der Waals surface area contributed by atoms with Crippen LogP contribution < -0.4 is 5.73 Å². The number of hydrogen-bond donors (Lipinski definition) is 2. The van der Waals surface area contributed by atoms with E-state index in [4.69, 9.17) is 17.3 Å². The van der Waals surface area contributed by atoms with Crippen molar-refractivity contribution in [3.8, 4) is 0 Å². The molecule has 1 aliphatic rings. The number of fused-ring (bicyclic) bond motifs is 1. The van der Waals surface area contributed by atoms with Crippen LogP contribution in [0.25, 0.3) is 0 Å². The van der Waals surface area contributed by atoms with E-state index in [0.29, 0.717) is 5.92 Å². The predicted molar refractivity (Wildman–Crippen MR) is 50.5 cm³/mol. The minimum absolute atomic E-state index is 0.647. The molecule has 0 radical (unpaired) electrons. The van der Waals surface area contributed by atoms with Gasteiger partial charge >= 0.3 is 0 Å². The molecule has 1 unspecified atom stereocenters. The first kappa shape index (κ1) is 8.14. The van der Waals surface area contributed by atoms with Gasteiger partial charge in [-0.2, -0.15) is 0 Å². The number of nitrogens with one attached hydrogen (secondary N) is 1. The highest BCUT2D eigenvalue weighted by atomic mass is 35.5. The molecule has 1 atom stereocenters. The fourth-order valence-electron chi connectivity index (χ4n) is 2.04. The molecule has 0 aliphatic heterocycles. The molecule has 1 aromatic heterocycles. The summed E-state index contributed by atoms with van der Waals surface area (Å²) in [5.74, 6) is 0.647. The zero-order valence-corrected chi connectivity index (χ0v) is 7.69. The number of hydrogen-bond acceptors (Lipinski definition) is 1. The number of nitrogens with two attached hydrogens (primary N) is 1. The summed E-state index contributed by atoms with van der Waals surface area (Å²) >= 11 is 5.96. The predicted octanol–water partition coefficient (Wildman–Crippen LogP) is 2.05. The first-order valence-corrected chi connectivity index (χ1v) is 4.76. The van der Waals surface area contributed by atoms with Gasteiger partial charge in [0.25, 0.3) is 0 Å². The Hall–Kier alpha value is -0.470. The second kappa shape index (κ2) is 3.11. The van der Waals surface area contributed by atoms with Crippen LogP contribution >= 0.6 is 11.6 Å². The first-order chi connectivity index (χ1) is 5.83. The van der Waals surface area contributed by atoms with Gasteiger partial charge in [0.15, 0.2) is 0 Å². The van der Waals surface area contributed by atoms with Crippen LogP contribution in [0.15, 0.2) is 6.20 Å². The zero-order valence-electron chi connectivity index (χ0n) is 6.94.